The first-order valence-corrected chi connectivity index (χ1v) is 11.0. The van der Waals surface area contributed by atoms with Crippen molar-refractivity contribution in [2.45, 2.75) is 50.8 Å². The number of aliphatic carboxylic acids is 1. The Labute approximate surface area is 192 Å². The molecule has 3 N–H and O–H groups in total. The number of carboxylic acid groups (broad SMARTS) is 1. The lowest BCUT2D eigenvalue weighted by Gasteiger charge is -2.29. The quantitative estimate of drug-likeness (QED) is 0.538. The molecule has 0 unspecified atom stereocenters. The van der Waals surface area contributed by atoms with Crippen LogP contribution >= 0.6 is 0 Å². The van der Waals surface area contributed by atoms with E-state index in [1.54, 1.807) is 0 Å². The Morgan fingerprint density at radius 1 is 0.970 bits per heavy atom. The molecule has 0 aromatic heterocycles. The van der Waals surface area contributed by atoms with Crippen LogP contribution in [0.4, 0.5) is 4.79 Å². The molecule has 2 aromatic carbocycles. The van der Waals surface area contributed by atoms with Gasteiger partial charge in [0, 0.05) is 19.3 Å². The normalized spacial score (nSPS) is 17.5. The fourth-order valence-corrected chi connectivity index (χ4v) is 3.94. The van der Waals surface area contributed by atoms with Gasteiger partial charge in [-0.1, -0.05) is 60.7 Å². The number of rotatable bonds is 9. The van der Waals surface area contributed by atoms with Crippen LogP contribution < -0.4 is 10.6 Å². The van der Waals surface area contributed by atoms with Crippen LogP contribution in [0.25, 0.3) is 0 Å². The Hall–Kier alpha value is -3.68. The number of ether oxygens (including phenoxy) is 1. The molecular formula is C25H28N2O6. The van der Waals surface area contributed by atoms with Gasteiger partial charge in [-0.3, -0.25) is 9.59 Å². The van der Waals surface area contributed by atoms with Crippen molar-refractivity contribution in [2.75, 3.05) is 0 Å². The van der Waals surface area contributed by atoms with Crippen LogP contribution in [0.3, 0.4) is 0 Å². The van der Waals surface area contributed by atoms with Gasteiger partial charge in [0.1, 0.15) is 24.5 Å². The predicted octanol–water partition coefficient (Wildman–Crippen LogP) is 2.85. The molecule has 3 rings (SSSR count). The molecule has 8 nitrogen and oxygen atoms in total. The molecule has 1 saturated carbocycles. The van der Waals surface area contributed by atoms with E-state index < -0.39 is 36.0 Å². The average molecular weight is 453 g/mol. The lowest BCUT2D eigenvalue weighted by atomic mass is 9.83. The van der Waals surface area contributed by atoms with Crippen LogP contribution in [0, 0.1) is 5.92 Å². The van der Waals surface area contributed by atoms with Crippen molar-refractivity contribution in [2.24, 2.45) is 5.92 Å². The van der Waals surface area contributed by atoms with Gasteiger partial charge in [0.15, 0.2) is 0 Å². The third kappa shape index (κ3) is 7.45. The minimum atomic E-state index is -1.21. The molecule has 174 valence electrons. The average Bonchev–Trinajstić information content (AvgIpc) is 2.82. The van der Waals surface area contributed by atoms with Gasteiger partial charge in [-0.2, -0.15) is 0 Å². The van der Waals surface area contributed by atoms with Gasteiger partial charge >= 0.3 is 12.1 Å². The fourth-order valence-electron chi connectivity index (χ4n) is 3.94. The molecule has 2 aromatic rings. The van der Waals surface area contributed by atoms with Crippen LogP contribution in [-0.4, -0.2) is 40.9 Å². The van der Waals surface area contributed by atoms with E-state index >= 15 is 0 Å². The molecule has 2 amide bonds. The molecule has 1 aliphatic rings. The maximum atomic E-state index is 13.1. The summed E-state index contributed by atoms with van der Waals surface area (Å²) in [5, 5.41) is 14.8. The number of hydrogen-bond donors (Lipinski definition) is 3. The van der Waals surface area contributed by atoms with Crippen molar-refractivity contribution >= 4 is 23.8 Å². The Morgan fingerprint density at radius 2 is 1.61 bits per heavy atom. The van der Waals surface area contributed by atoms with Crippen molar-refractivity contribution < 1.29 is 29.0 Å². The molecule has 33 heavy (non-hydrogen) atoms. The van der Waals surface area contributed by atoms with Crippen LogP contribution in [0.1, 0.15) is 36.8 Å². The molecule has 1 fully saturated rings. The standard InChI is InChI=1S/C25H28N2O6/c28-20-13-7-12-19(15-20)22(24(30)31)27-23(29)21(14-17-8-3-1-4-9-17)26-25(32)33-16-18-10-5-2-6-11-18/h1-6,8-11,19,21-22H,7,12-16H2,(H,26,32)(H,27,29)(H,30,31)/t19-,21+,22+/m1/s1. The second-order valence-corrected chi connectivity index (χ2v) is 8.17. The van der Waals surface area contributed by atoms with E-state index in [0.29, 0.717) is 19.3 Å². The summed E-state index contributed by atoms with van der Waals surface area (Å²) in [4.78, 5) is 49.2. The van der Waals surface area contributed by atoms with E-state index in [1.165, 1.54) is 0 Å². The van der Waals surface area contributed by atoms with Crippen molar-refractivity contribution in [3.8, 4) is 0 Å². The summed E-state index contributed by atoms with van der Waals surface area (Å²) in [7, 11) is 0. The summed E-state index contributed by atoms with van der Waals surface area (Å²) in [5.41, 5.74) is 1.59. The number of carboxylic acids is 1. The van der Waals surface area contributed by atoms with Gasteiger partial charge in [0.2, 0.25) is 5.91 Å². The zero-order valence-corrected chi connectivity index (χ0v) is 18.2. The highest BCUT2D eigenvalue weighted by Gasteiger charge is 2.35. The van der Waals surface area contributed by atoms with E-state index in [9.17, 15) is 24.3 Å². The minimum Gasteiger partial charge on any atom is -0.480 e. The van der Waals surface area contributed by atoms with Crippen LogP contribution in [-0.2, 0) is 32.1 Å². The van der Waals surface area contributed by atoms with Gasteiger partial charge < -0.3 is 20.5 Å². The largest absolute Gasteiger partial charge is 0.480 e. The second kappa shape index (κ2) is 11.8. The van der Waals surface area contributed by atoms with Gasteiger partial charge in [-0.25, -0.2) is 9.59 Å². The SMILES string of the molecule is O=C1CCC[C@@H]([C@H](NC(=O)[C@H](Cc2ccccc2)NC(=O)OCc2ccccc2)C(=O)O)C1. The van der Waals surface area contributed by atoms with E-state index in [1.807, 2.05) is 60.7 Å². The molecule has 1 aliphatic carbocycles. The minimum absolute atomic E-state index is 0.00445. The van der Waals surface area contributed by atoms with Gasteiger partial charge in [-0.15, -0.1) is 0 Å². The van der Waals surface area contributed by atoms with E-state index in [-0.39, 0.29) is 25.2 Å². The smallest absolute Gasteiger partial charge is 0.408 e. The van der Waals surface area contributed by atoms with Crippen LogP contribution in [0.5, 0.6) is 0 Å². The molecule has 0 aliphatic heterocycles. The highest BCUT2D eigenvalue weighted by molar-refractivity contribution is 5.90. The molecule has 0 heterocycles. The summed E-state index contributed by atoms with van der Waals surface area (Å²) in [6.07, 6.45) is 1.06. The lowest BCUT2D eigenvalue weighted by Crippen LogP contribution is -2.55. The number of Topliss-reactive ketones (excluding diaryl/α,β-unsaturated/α-hetero) is 1. The van der Waals surface area contributed by atoms with Crippen molar-refractivity contribution in [1.29, 1.82) is 0 Å². The summed E-state index contributed by atoms with van der Waals surface area (Å²) >= 11 is 0. The predicted molar refractivity (Wildman–Crippen MR) is 120 cm³/mol. The van der Waals surface area contributed by atoms with Crippen LogP contribution in [0.15, 0.2) is 60.7 Å². The number of alkyl carbamates (subject to hydrolysis) is 1. The number of hydrogen-bond acceptors (Lipinski definition) is 5. The third-order valence-electron chi connectivity index (χ3n) is 5.66. The first kappa shape index (κ1) is 24.0. The molecule has 8 heteroatoms. The first-order chi connectivity index (χ1) is 15.9. The van der Waals surface area contributed by atoms with E-state index in [2.05, 4.69) is 10.6 Å². The third-order valence-corrected chi connectivity index (χ3v) is 5.66. The zero-order valence-electron chi connectivity index (χ0n) is 18.2. The Bertz CT molecular complexity index is 963. The summed E-state index contributed by atoms with van der Waals surface area (Å²) in [6.45, 7) is 0.0360. The number of benzene rings is 2. The number of amides is 2. The van der Waals surface area contributed by atoms with Crippen LogP contribution in [0.2, 0.25) is 0 Å². The summed E-state index contributed by atoms with van der Waals surface area (Å²) < 4.78 is 5.24. The monoisotopic (exact) mass is 452 g/mol. The number of nitrogens with one attached hydrogen (secondary N) is 2. The molecule has 3 atom stereocenters. The van der Waals surface area contributed by atoms with Crippen molar-refractivity contribution in [1.82, 2.24) is 10.6 Å². The van der Waals surface area contributed by atoms with Gasteiger partial charge in [-0.05, 0) is 29.9 Å². The Morgan fingerprint density at radius 3 is 2.21 bits per heavy atom. The molecule has 0 spiro atoms. The maximum Gasteiger partial charge on any atom is 0.408 e. The zero-order chi connectivity index (χ0) is 23.6. The first-order valence-electron chi connectivity index (χ1n) is 11.0. The second-order valence-electron chi connectivity index (χ2n) is 8.17. The maximum absolute atomic E-state index is 13.1. The van der Waals surface area contributed by atoms with Crippen molar-refractivity contribution in [3.63, 3.8) is 0 Å². The van der Waals surface area contributed by atoms with Gasteiger partial charge in [0.05, 0.1) is 0 Å². The summed E-state index contributed by atoms with van der Waals surface area (Å²) in [5.74, 6) is -2.32. The highest BCUT2D eigenvalue weighted by Crippen LogP contribution is 2.24. The Kier molecular flexibility index (Phi) is 8.57. The topological polar surface area (TPSA) is 122 Å². The number of carbonyl (C=O) groups excluding carboxylic acids is 3. The number of ketones is 1. The molecular weight excluding hydrogens is 424 g/mol. The van der Waals surface area contributed by atoms with E-state index in [4.69, 9.17) is 4.74 Å². The summed E-state index contributed by atoms with van der Waals surface area (Å²) in [6, 6.07) is 15.9. The molecule has 0 bridgehead atoms. The fraction of sp³-hybridized carbons (Fsp3) is 0.360. The number of carbonyl (C=O) groups is 4. The lowest BCUT2D eigenvalue weighted by molar-refractivity contribution is -0.144. The molecule has 0 saturated heterocycles. The molecule has 0 radical (unpaired) electrons. The van der Waals surface area contributed by atoms with Gasteiger partial charge in [0.25, 0.3) is 0 Å². The highest BCUT2D eigenvalue weighted by atomic mass is 16.5. The Balaban J connectivity index is 1.68. The van der Waals surface area contributed by atoms with Crippen molar-refractivity contribution in [3.05, 3.63) is 71.8 Å². The van der Waals surface area contributed by atoms with E-state index in [0.717, 1.165) is 11.1 Å².